The van der Waals surface area contributed by atoms with Gasteiger partial charge in [-0.1, -0.05) is 36.4 Å². The molecule has 11 heteroatoms. The Bertz CT molecular complexity index is 1260. The second-order valence-corrected chi connectivity index (χ2v) is 9.80. The average Bonchev–Trinajstić information content (AvgIpc) is 2.87. The fourth-order valence-corrected chi connectivity index (χ4v) is 4.56. The van der Waals surface area contributed by atoms with E-state index in [-0.39, 0.29) is 17.9 Å². The predicted octanol–water partition coefficient (Wildman–Crippen LogP) is 1.29. The van der Waals surface area contributed by atoms with Crippen LogP contribution in [0.1, 0.15) is 18.2 Å². The zero-order valence-electron chi connectivity index (χ0n) is 19.5. The van der Waals surface area contributed by atoms with Gasteiger partial charge >= 0.3 is 0 Å². The van der Waals surface area contributed by atoms with Gasteiger partial charge in [0.2, 0.25) is 15.9 Å². The Hall–Kier alpha value is -3.67. The summed E-state index contributed by atoms with van der Waals surface area (Å²) in [6.07, 6.45) is 0.0613. The smallest absolute Gasteiger partial charge is 0.251 e. The minimum absolute atomic E-state index is 0.0800. The minimum atomic E-state index is -4.12. The number of aromatic nitrogens is 1. The maximum Gasteiger partial charge on any atom is 0.251 e. The second-order valence-electron chi connectivity index (χ2n) is 8.09. The van der Waals surface area contributed by atoms with Gasteiger partial charge in [-0.2, -0.15) is 4.72 Å². The lowest BCUT2D eigenvalue weighted by Gasteiger charge is -2.25. The van der Waals surface area contributed by atoms with Crippen molar-refractivity contribution in [2.75, 3.05) is 0 Å². The number of sulfonamides is 1. The maximum atomic E-state index is 13.1. The van der Waals surface area contributed by atoms with Gasteiger partial charge < -0.3 is 15.7 Å². The summed E-state index contributed by atoms with van der Waals surface area (Å²) in [7, 11) is -4.12. The van der Waals surface area contributed by atoms with Crippen molar-refractivity contribution in [3.8, 4) is 0 Å². The molecular formula is C25H27FN4O5S. The molecule has 0 saturated carbocycles. The van der Waals surface area contributed by atoms with Crippen LogP contribution in [0, 0.1) is 5.82 Å². The van der Waals surface area contributed by atoms with Crippen LogP contribution in [-0.2, 0) is 32.6 Å². The molecule has 0 aliphatic carbocycles. The van der Waals surface area contributed by atoms with Gasteiger partial charge in [0, 0.05) is 6.20 Å². The number of nitrogens with one attached hydrogen (secondary N) is 3. The Balaban J connectivity index is 1.70. The molecule has 2 aromatic carbocycles. The van der Waals surface area contributed by atoms with Crippen molar-refractivity contribution >= 4 is 21.8 Å². The van der Waals surface area contributed by atoms with E-state index >= 15 is 0 Å². The number of halogens is 1. The Morgan fingerprint density at radius 3 is 2.28 bits per heavy atom. The number of carbonyl (C=O) groups excluding carboxylic acids is 2. The highest BCUT2D eigenvalue weighted by Crippen LogP contribution is 2.11. The Morgan fingerprint density at radius 2 is 1.64 bits per heavy atom. The zero-order valence-corrected chi connectivity index (χ0v) is 20.3. The lowest BCUT2D eigenvalue weighted by atomic mass is 10.00. The number of aliphatic hydroxyl groups excluding tert-OH is 1. The van der Waals surface area contributed by atoms with Crippen molar-refractivity contribution in [3.05, 3.63) is 96.1 Å². The fourth-order valence-electron chi connectivity index (χ4n) is 3.35. The number of amides is 2. The molecule has 36 heavy (non-hydrogen) atoms. The largest absolute Gasteiger partial charge is 0.381 e. The highest BCUT2D eigenvalue weighted by Gasteiger charge is 2.30. The fraction of sp³-hybridized carbons (Fsp3) is 0.240. The first kappa shape index (κ1) is 26.9. The average molecular weight is 515 g/mol. The standard InChI is InChI=1S/C25H27FN4O5S/c1-17(30-36(34,35)21-12-10-19(26)11-13-21)24(32)29-22(15-18-7-3-2-4-8-18)23(31)25(33)28-16-20-9-5-6-14-27-20/h2-14,17,22-23,30-31H,15-16H2,1H3,(H,28,33)(H,29,32)/t17-,22-,23+/m1/s1. The number of pyridine rings is 1. The number of nitrogens with zero attached hydrogens (tertiary/aromatic N) is 1. The quantitative estimate of drug-likeness (QED) is 0.304. The van der Waals surface area contributed by atoms with E-state index < -0.39 is 45.8 Å². The van der Waals surface area contributed by atoms with E-state index in [2.05, 4.69) is 20.3 Å². The topological polar surface area (TPSA) is 137 Å². The van der Waals surface area contributed by atoms with E-state index in [1.807, 2.05) is 0 Å². The van der Waals surface area contributed by atoms with Crippen LogP contribution in [0.4, 0.5) is 4.39 Å². The van der Waals surface area contributed by atoms with E-state index in [4.69, 9.17) is 0 Å². The number of hydrogen-bond acceptors (Lipinski definition) is 6. The third-order valence-corrected chi connectivity index (χ3v) is 6.85. The van der Waals surface area contributed by atoms with Crippen molar-refractivity contribution in [2.24, 2.45) is 0 Å². The van der Waals surface area contributed by atoms with E-state index in [0.29, 0.717) is 5.69 Å². The van der Waals surface area contributed by atoms with Gasteiger partial charge in [-0.05, 0) is 55.3 Å². The van der Waals surface area contributed by atoms with Crippen LogP contribution >= 0.6 is 0 Å². The summed E-state index contributed by atoms with van der Waals surface area (Å²) >= 11 is 0. The molecule has 2 amide bonds. The van der Waals surface area contributed by atoms with Crippen molar-refractivity contribution in [3.63, 3.8) is 0 Å². The summed E-state index contributed by atoms with van der Waals surface area (Å²) in [6.45, 7) is 1.40. The first-order valence-corrected chi connectivity index (χ1v) is 12.6. The van der Waals surface area contributed by atoms with E-state index in [9.17, 15) is 27.5 Å². The van der Waals surface area contributed by atoms with Crippen molar-refractivity contribution < 1.29 is 27.5 Å². The zero-order chi connectivity index (χ0) is 26.1. The molecule has 0 unspecified atom stereocenters. The molecule has 4 N–H and O–H groups in total. The number of carbonyl (C=O) groups is 2. The number of aliphatic hydroxyl groups is 1. The van der Waals surface area contributed by atoms with Gasteiger partial charge in [0.25, 0.3) is 5.91 Å². The van der Waals surface area contributed by atoms with Crippen molar-refractivity contribution in [2.45, 2.75) is 43.0 Å². The van der Waals surface area contributed by atoms with Crippen LogP contribution in [0.25, 0.3) is 0 Å². The molecule has 0 aliphatic rings. The highest BCUT2D eigenvalue weighted by molar-refractivity contribution is 7.89. The SMILES string of the molecule is C[C@@H](NS(=O)(=O)c1ccc(F)cc1)C(=O)N[C@H](Cc1ccccc1)[C@H](O)C(=O)NCc1ccccn1. The molecule has 9 nitrogen and oxygen atoms in total. The molecule has 0 bridgehead atoms. The molecule has 0 spiro atoms. The first-order chi connectivity index (χ1) is 17.2. The van der Waals surface area contributed by atoms with Crippen molar-refractivity contribution in [1.82, 2.24) is 20.3 Å². The van der Waals surface area contributed by atoms with E-state index in [0.717, 1.165) is 29.8 Å². The van der Waals surface area contributed by atoms with Gasteiger partial charge in [-0.25, -0.2) is 12.8 Å². The summed E-state index contributed by atoms with van der Waals surface area (Å²) < 4.78 is 40.5. The summed E-state index contributed by atoms with van der Waals surface area (Å²) in [6, 6.07) is 16.0. The number of rotatable bonds is 11. The van der Waals surface area contributed by atoms with Gasteiger partial charge in [-0.15, -0.1) is 0 Å². The van der Waals surface area contributed by atoms with E-state index in [1.54, 1.807) is 54.7 Å². The molecule has 0 radical (unpaired) electrons. The minimum Gasteiger partial charge on any atom is -0.381 e. The molecule has 0 aliphatic heterocycles. The molecule has 0 saturated heterocycles. The number of hydrogen-bond donors (Lipinski definition) is 4. The van der Waals surface area contributed by atoms with Gasteiger partial charge in [0.05, 0.1) is 29.2 Å². The highest BCUT2D eigenvalue weighted by atomic mass is 32.2. The summed E-state index contributed by atoms with van der Waals surface area (Å²) in [5.74, 6) is -2.07. The molecule has 190 valence electrons. The Kier molecular flexibility index (Phi) is 9.23. The third-order valence-electron chi connectivity index (χ3n) is 5.29. The van der Waals surface area contributed by atoms with Crippen LogP contribution in [0.5, 0.6) is 0 Å². The molecular weight excluding hydrogens is 487 g/mol. The maximum absolute atomic E-state index is 13.1. The van der Waals surface area contributed by atoms with Crippen LogP contribution in [0.2, 0.25) is 0 Å². The molecule has 1 heterocycles. The number of benzene rings is 2. The third kappa shape index (κ3) is 7.67. The lowest BCUT2D eigenvalue weighted by Crippen LogP contribution is -2.55. The molecule has 1 aromatic heterocycles. The second kappa shape index (κ2) is 12.3. The molecule has 0 fully saturated rings. The van der Waals surface area contributed by atoms with E-state index in [1.165, 1.54) is 6.92 Å². The van der Waals surface area contributed by atoms with Gasteiger partial charge in [0.15, 0.2) is 6.10 Å². The molecule has 3 rings (SSSR count). The lowest BCUT2D eigenvalue weighted by molar-refractivity contribution is -0.132. The molecule has 3 atom stereocenters. The Labute approximate surface area is 208 Å². The monoisotopic (exact) mass is 514 g/mol. The van der Waals surface area contributed by atoms with Crippen LogP contribution in [-0.4, -0.2) is 48.5 Å². The van der Waals surface area contributed by atoms with Crippen molar-refractivity contribution in [1.29, 1.82) is 0 Å². The summed E-state index contributed by atoms with van der Waals surface area (Å²) in [5.41, 5.74) is 1.34. The molecule has 3 aromatic rings. The van der Waals surface area contributed by atoms with Gasteiger partial charge in [-0.3, -0.25) is 14.6 Å². The predicted molar refractivity (Wildman–Crippen MR) is 130 cm³/mol. The summed E-state index contributed by atoms with van der Waals surface area (Å²) in [4.78, 5) is 29.4. The van der Waals surface area contributed by atoms with Gasteiger partial charge in [0.1, 0.15) is 5.82 Å². The first-order valence-electron chi connectivity index (χ1n) is 11.1. The van der Waals surface area contributed by atoms with Crippen LogP contribution < -0.4 is 15.4 Å². The van der Waals surface area contributed by atoms with Crippen LogP contribution in [0.3, 0.4) is 0 Å². The summed E-state index contributed by atoms with van der Waals surface area (Å²) in [5, 5.41) is 15.9. The van der Waals surface area contributed by atoms with Crippen LogP contribution in [0.15, 0.2) is 83.9 Å². The Morgan fingerprint density at radius 1 is 0.972 bits per heavy atom. The normalized spacial score (nSPS) is 13.9.